The Morgan fingerprint density at radius 2 is 1.63 bits per heavy atom. The minimum Gasteiger partial charge on any atom is -0.391 e. The quantitative estimate of drug-likeness (QED) is 0.596. The van der Waals surface area contributed by atoms with Gasteiger partial charge in [0.25, 0.3) is 0 Å². The van der Waals surface area contributed by atoms with Gasteiger partial charge in [0.15, 0.2) is 0 Å². The van der Waals surface area contributed by atoms with Crippen LogP contribution in [0.4, 0.5) is 0 Å². The van der Waals surface area contributed by atoms with E-state index in [9.17, 15) is 9.59 Å². The van der Waals surface area contributed by atoms with Crippen LogP contribution in [-0.4, -0.2) is 52.3 Å². The Balaban J connectivity index is 2.34. The zero-order valence-corrected chi connectivity index (χ0v) is 12.2. The number of carbonyl (C=O) groups is 2. The van der Waals surface area contributed by atoms with Crippen LogP contribution in [0.2, 0.25) is 0 Å². The van der Waals surface area contributed by atoms with Gasteiger partial charge < -0.3 is 10.6 Å². The molecule has 0 aromatic carbocycles. The first-order chi connectivity index (χ1) is 8.97. The molecule has 0 spiro atoms. The van der Waals surface area contributed by atoms with E-state index in [2.05, 4.69) is 4.90 Å². The Morgan fingerprint density at radius 3 is 2.05 bits per heavy atom. The van der Waals surface area contributed by atoms with Gasteiger partial charge in [0, 0.05) is 25.9 Å². The molecule has 6 heteroatoms. The second-order valence-corrected chi connectivity index (χ2v) is 5.97. The number of imide groups is 1. The highest BCUT2D eigenvalue weighted by molar-refractivity contribution is 7.80. The van der Waals surface area contributed by atoms with Crippen LogP contribution < -0.4 is 5.73 Å². The number of amides is 2. The van der Waals surface area contributed by atoms with Crippen molar-refractivity contribution in [2.24, 2.45) is 5.73 Å². The molecule has 2 aliphatic rings. The highest BCUT2D eigenvalue weighted by atomic mass is 32.1. The van der Waals surface area contributed by atoms with Crippen molar-refractivity contribution in [3.8, 4) is 0 Å². The summed E-state index contributed by atoms with van der Waals surface area (Å²) < 4.78 is 0. The molecule has 5 nitrogen and oxygen atoms in total. The fraction of sp³-hybridized carbons (Fsp3) is 0.769. The third-order valence-electron chi connectivity index (χ3n) is 4.23. The van der Waals surface area contributed by atoms with Gasteiger partial charge in [0.05, 0.1) is 4.99 Å². The molecule has 2 N–H and O–H groups in total. The van der Waals surface area contributed by atoms with Gasteiger partial charge in [0.2, 0.25) is 11.8 Å². The maximum absolute atomic E-state index is 12.3. The highest BCUT2D eigenvalue weighted by Crippen LogP contribution is 2.32. The van der Waals surface area contributed by atoms with E-state index >= 15 is 0 Å². The molecule has 106 valence electrons. The van der Waals surface area contributed by atoms with Crippen LogP contribution in [0.3, 0.4) is 0 Å². The third kappa shape index (κ3) is 2.65. The third-order valence-corrected chi connectivity index (χ3v) is 4.61. The number of hydrogen-bond acceptors (Lipinski definition) is 4. The van der Waals surface area contributed by atoms with Gasteiger partial charge in [-0.05, 0) is 32.7 Å². The Labute approximate surface area is 119 Å². The number of nitrogens with two attached hydrogens (primary N) is 1. The summed E-state index contributed by atoms with van der Waals surface area (Å²) >= 11 is 5.21. The second kappa shape index (κ2) is 5.54. The summed E-state index contributed by atoms with van der Waals surface area (Å²) in [7, 11) is 2.02. The van der Waals surface area contributed by atoms with Gasteiger partial charge in [-0.2, -0.15) is 0 Å². The topological polar surface area (TPSA) is 66.6 Å². The van der Waals surface area contributed by atoms with Crippen LogP contribution in [0.25, 0.3) is 0 Å². The normalized spacial score (nSPS) is 25.2. The van der Waals surface area contributed by atoms with Gasteiger partial charge in [0.1, 0.15) is 5.54 Å². The Hall–Kier alpha value is -1.01. The van der Waals surface area contributed by atoms with E-state index in [4.69, 9.17) is 18.0 Å². The first kappa shape index (κ1) is 14.4. The van der Waals surface area contributed by atoms with Gasteiger partial charge in [-0.3, -0.25) is 14.5 Å². The molecule has 0 saturated carbocycles. The molecule has 2 aliphatic heterocycles. The predicted octanol–water partition coefficient (Wildman–Crippen LogP) is 0.666. The van der Waals surface area contributed by atoms with Crippen LogP contribution in [0, 0.1) is 0 Å². The standard InChI is InChI=1S/C13H21N3O2S/c1-15-8-6-13(7-9-15,12(14)19)16-10(17)4-2-3-5-11(16)18/h2-9H2,1H3,(H2,14,19). The van der Waals surface area contributed by atoms with E-state index in [1.807, 2.05) is 7.05 Å². The van der Waals surface area contributed by atoms with Gasteiger partial charge >= 0.3 is 0 Å². The number of piperidine rings is 1. The highest BCUT2D eigenvalue weighted by Gasteiger charge is 2.47. The predicted molar refractivity (Wildman–Crippen MR) is 76.6 cm³/mol. The van der Waals surface area contributed by atoms with Crippen LogP contribution in [0.1, 0.15) is 38.5 Å². The zero-order valence-electron chi connectivity index (χ0n) is 11.4. The largest absolute Gasteiger partial charge is 0.391 e. The van der Waals surface area contributed by atoms with E-state index < -0.39 is 5.54 Å². The maximum Gasteiger partial charge on any atom is 0.230 e. The lowest BCUT2D eigenvalue weighted by atomic mass is 9.85. The monoisotopic (exact) mass is 283 g/mol. The van der Waals surface area contributed by atoms with Crippen molar-refractivity contribution in [2.75, 3.05) is 20.1 Å². The molecule has 0 atom stereocenters. The lowest BCUT2D eigenvalue weighted by Gasteiger charge is -2.46. The summed E-state index contributed by atoms with van der Waals surface area (Å²) in [6.07, 6.45) is 3.69. The minimum atomic E-state index is -0.736. The number of rotatable bonds is 2. The molecule has 0 unspecified atom stereocenters. The summed E-state index contributed by atoms with van der Waals surface area (Å²) in [6, 6.07) is 0. The smallest absolute Gasteiger partial charge is 0.230 e. The van der Waals surface area contributed by atoms with E-state index in [0.717, 1.165) is 25.9 Å². The first-order valence-corrected chi connectivity index (χ1v) is 7.22. The van der Waals surface area contributed by atoms with Crippen LogP contribution >= 0.6 is 12.2 Å². The molecular formula is C13H21N3O2S. The van der Waals surface area contributed by atoms with Gasteiger partial charge in [-0.15, -0.1) is 0 Å². The lowest BCUT2D eigenvalue weighted by Crippen LogP contribution is -2.64. The summed E-state index contributed by atoms with van der Waals surface area (Å²) in [5.74, 6) is -0.222. The molecule has 0 bridgehead atoms. The number of hydrogen-bond donors (Lipinski definition) is 1. The molecule has 0 aliphatic carbocycles. The Kier molecular flexibility index (Phi) is 4.20. The molecule has 2 fully saturated rings. The molecule has 19 heavy (non-hydrogen) atoms. The van der Waals surface area contributed by atoms with Crippen LogP contribution in [0.15, 0.2) is 0 Å². The Morgan fingerprint density at radius 1 is 1.16 bits per heavy atom. The van der Waals surface area contributed by atoms with Crippen molar-refractivity contribution in [2.45, 2.75) is 44.1 Å². The first-order valence-electron chi connectivity index (χ1n) is 6.82. The SMILES string of the molecule is CN1CCC(C(N)=S)(N2C(=O)CCCCC2=O)CC1. The van der Waals surface area contributed by atoms with Crippen molar-refractivity contribution >= 4 is 29.0 Å². The second-order valence-electron chi connectivity index (χ2n) is 5.53. The average molecular weight is 283 g/mol. The number of nitrogens with zero attached hydrogens (tertiary/aromatic N) is 2. The molecule has 2 saturated heterocycles. The van der Waals surface area contributed by atoms with Crippen molar-refractivity contribution in [1.82, 2.24) is 9.80 Å². The maximum atomic E-state index is 12.3. The summed E-state index contributed by atoms with van der Waals surface area (Å²) in [5, 5.41) is 0. The van der Waals surface area contributed by atoms with Crippen molar-refractivity contribution in [3.05, 3.63) is 0 Å². The van der Waals surface area contributed by atoms with Crippen molar-refractivity contribution in [1.29, 1.82) is 0 Å². The number of carbonyl (C=O) groups excluding carboxylic acids is 2. The summed E-state index contributed by atoms with van der Waals surface area (Å²) in [5.41, 5.74) is 5.18. The van der Waals surface area contributed by atoms with Gasteiger partial charge in [-0.1, -0.05) is 12.2 Å². The summed E-state index contributed by atoms with van der Waals surface area (Å²) in [4.78, 5) is 28.4. The fourth-order valence-corrected chi connectivity index (χ4v) is 3.26. The van der Waals surface area contributed by atoms with Gasteiger partial charge in [-0.25, -0.2) is 0 Å². The van der Waals surface area contributed by atoms with Crippen molar-refractivity contribution < 1.29 is 9.59 Å². The van der Waals surface area contributed by atoms with E-state index in [-0.39, 0.29) is 16.8 Å². The summed E-state index contributed by atoms with van der Waals surface area (Å²) in [6.45, 7) is 1.60. The molecule has 2 heterocycles. The lowest BCUT2D eigenvalue weighted by molar-refractivity contribution is -0.150. The van der Waals surface area contributed by atoms with E-state index in [1.165, 1.54) is 4.90 Å². The van der Waals surface area contributed by atoms with E-state index in [0.29, 0.717) is 25.7 Å². The molecular weight excluding hydrogens is 262 g/mol. The number of thiocarbonyl (C=S) groups is 1. The molecule has 2 rings (SSSR count). The van der Waals surface area contributed by atoms with Crippen LogP contribution in [-0.2, 0) is 9.59 Å². The molecule has 0 radical (unpaired) electrons. The number of likely N-dealkylation sites (tertiary alicyclic amines) is 2. The molecule has 0 aromatic rings. The fourth-order valence-electron chi connectivity index (χ4n) is 2.96. The Bertz CT molecular complexity index is 385. The minimum absolute atomic E-state index is 0.111. The zero-order chi connectivity index (χ0) is 14.0. The molecule has 0 aromatic heterocycles. The van der Waals surface area contributed by atoms with Crippen LogP contribution in [0.5, 0.6) is 0 Å². The van der Waals surface area contributed by atoms with E-state index in [1.54, 1.807) is 0 Å². The molecule has 2 amide bonds. The average Bonchev–Trinajstić information content (AvgIpc) is 2.53. The van der Waals surface area contributed by atoms with Crippen molar-refractivity contribution in [3.63, 3.8) is 0 Å².